The van der Waals surface area contributed by atoms with Crippen LogP contribution in [0.2, 0.25) is 0 Å². The number of aromatic amines is 1. The average molecular weight is 424 g/mol. The number of esters is 1. The number of carbonyl (C=O) groups excluding carboxylic acids is 1. The first-order valence-electron chi connectivity index (χ1n) is 9.16. The van der Waals surface area contributed by atoms with E-state index in [1.165, 1.54) is 0 Å². The van der Waals surface area contributed by atoms with Crippen molar-refractivity contribution in [2.24, 2.45) is 5.73 Å². The van der Waals surface area contributed by atoms with Gasteiger partial charge in [0.15, 0.2) is 12.1 Å². The summed E-state index contributed by atoms with van der Waals surface area (Å²) in [5, 5.41) is 13.5. The molecule has 0 amide bonds. The molecule has 6 N–H and O–H groups in total. The van der Waals surface area contributed by atoms with Gasteiger partial charge in [0.2, 0.25) is 0 Å². The molecule has 0 aliphatic heterocycles. The topological polar surface area (TPSA) is 176 Å². The number of nitrogens with one attached hydrogen (secondary N) is 1. The number of aliphatic carboxylic acids is 1. The molecule has 160 valence electrons. The van der Waals surface area contributed by atoms with E-state index in [1.807, 2.05) is 48.5 Å². The fourth-order valence-electron chi connectivity index (χ4n) is 3.15. The number of aromatic nitrogens is 3. The van der Waals surface area contributed by atoms with Gasteiger partial charge in [0, 0.05) is 35.5 Å². The quantitative estimate of drug-likeness (QED) is 0.236. The minimum Gasteiger partial charge on any atom is -0.473 e. The minimum absolute atomic E-state index is 0. The van der Waals surface area contributed by atoms with Crippen molar-refractivity contribution in [1.82, 2.24) is 15.1 Å². The summed E-state index contributed by atoms with van der Waals surface area (Å²) in [6.45, 7) is 0. The van der Waals surface area contributed by atoms with Gasteiger partial charge >= 0.3 is 11.9 Å². The molecule has 2 aromatic heterocycles. The molecule has 0 bridgehead atoms. The summed E-state index contributed by atoms with van der Waals surface area (Å²) in [7, 11) is 0. The lowest BCUT2D eigenvalue weighted by atomic mass is 10.1. The molecule has 0 spiro atoms. The third-order valence-electron chi connectivity index (χ3n) is 4.54. The zero-order valence-corrected chi connectivity index (χ0v) is 16.2. The summed E-state index contributed by atoms with van der Waals surface area (Å²) in [5.74, 6) is -2.11. The number of carboxylic acids is 1. The highest BCUT2D eigenvalue weighted by molar-refractivity contribution is 6.28. The summed E-state index contributed by atoms with van der Waals surface area (Å²) in [4.78, 5) is 29.4. The van der Waals surface area contributed by atoms with Crippen LogP contribution in [-0.2, 0) is 27.2 Å². The first kappa shape index (κ1) is 21.7. The smallest absolute Gasteiger partial charge is 0.418 e. The first-order chi connectivity index (χ1) is 14.5. The van der Waals surface area contributed by atoms with E-state index < -0.39 is 18.2 Å². The summed E-state index contributed by atoms with van der Waals surface area (Å²) < 4.78 is 10.1. The van der Waals surface area contributed by atoms with Crippen LogP contribution in [0, 0.1) is 0 Å². The van der Waals surface area contributed by atoms with Crippen molar-refractivity contribution in [2.45, 2.75) is 19.1 Å². The van der Waals surface area contributed by atoms with Gasteiger partial charge in [0.1, 0.15) is 0 Å². The van der Waals surface area contributed by atoms with E-state index in [0.29, 0.717) is 18.1 Å². The number of carbonyl (C=O) groups is 2. The maximum Gasteiger partial charge on any atom is 0.418 e. The van der Waals surface area contributed by atoms with Gasteiger partial charge in [-0.15, -0.1) is 0 Å². The van der Waals surface area contributed by atoms with Crippen LogP contribution in [-0.4, -0.2) is 43.9 Å². The summed E-state index contributed by atoms with van der Waals surface area (Å²) >= 11 is 0. The van der Waals surface area contributed by atoms with E-state index in [9.17, 15) is 9.59 Å². The summed E-state index contributed by atoms with van der Waals surface area (Å²) in [6, 6.07) is 15.4. The molecule has 0 fully saturated rings. The van der Waals surface area contributed by atoms with Crippen LogP contribution in [0.5, 0.6) is 0 Å². The molecule has 1 unspecified atom stereocenters. The van der Waals surface area contributed by atoms with Crippen LogP contribution < -0.4 is 5.73 Å². The van der Waals surface area contributed by atoms with Gasteiger partial charge in [-0.05, 0) is 29.3 Å². The van der Waals surface area contributed by atoms with Crippen LogP contribution >= 0.6 is 0 Å². The van der Waals surface area contributed by atoms with Crippen molar-refractivity contribution in [3.05, 3.63) is 71.7 Å². The van der Waals surface area contributed by atoms with Crippen LogP contribution in [0.3, 0.4) is 0 Å². The maximum atomic E-state index is 11.2. The fraction of sp³-hybridized carbons (Fsp3) is 0.143. The van der Waals surface area contributed by atoms with E-state index in [1.54, 1.807) is 6.20 Å². The molecule has 0 saturated heterocycles. The molecule has 2 heterocycles. The van der Waals surface area contributed by atoms with Crippen molar-refractivity contribution in [3.8, 4) is 11.5 Å². The largest absolute Gasteiger partial charge is 0.473 e. The highest BCUT2D eigenvalue weighted by Gasteiger charge is 2.19. The second kappa shape index (κ2) is 9.20. The van der Waals surface area contributed by atoms with E-state index in [0.717, 1.165) is 27.6 Å². The Balaban J connectivity index is 0.00000272. The van der Waals surface area contributed by atoms with Crippen LogP contribution in [0.4, 0.5) is 0 Å². The second-order valence-corrected chi connectivity index (χ2v) is 6.71. The molecular formula is C21H20N4O6. The number of hydrogen-bond donors (Lipinski definition) is 3. The molecule has 0 saturated carbocycles. The highest BCUT2D eigenvalue weighted by Crippen LogP contribution is 2.26. The lowest BCUT2D eigenvalue weighted by Crippen LogP contribution is -2.32. The first-order valence-corrected chi connectivity index (χ1v) is 9.16. The molecule has 0 aliphatic carbocycles. The molecule has 4 rings (SSSR count). The Bertz CT molecular complexity index is 1200. The van der Waals surface area contributed by atoms with Crippen molar-refractivity contribution in [2.75, 3.05) is 0 Å². The number of nitrogens with two attached hydrogens (primary N) is 1. The maximum absolute atomic E-state index is 11.2. The Hall–Kier alpha value is -4.02. The molecule has 10 nitrogen and oxygen atoms in total. The van der Waals surface area contributed by atoms with Gasteiger partial charge in [-0.2, -0.15) is 4.98 Å². The summed E-state index contributed by atoms with van der Waals surface area (Å²) in [5.41, 5.74) is 9.18. The average Bonchev–Trinajstić information content (AvgIpc) is 3.35. The second-order valence-electron chi connectivity index (χ2n) is 6.71. The number of rotatable bonds is 6. The SMILES string of the molecule is NC(Cc1c[nH]c2ccc(-c3nc(Cc4ccccc4)no3)cc12)OC(=O)C(=O)O.O. The number of ether oxygens (including phenoxy) is 1. The standard InChI is InChI=1S/C21H18N4O5.H2O/c22-17(29-21(28)20(26)27)10-14-11-23-16-7-6-13(9-15(14)16)19-24-18(25-30-19)8-12-4-2-1-3-5-12;/h1-7,9,11,17,23H,8,10,22H2,(H,26,27);1H2. The molecule has 10 heteroatoms. The Labute approximate surface area is 175 Å². The molecule has 1 atom stereocenters. The van der Waals surface area contributed by atoms with Gasteiger partial charge in [0.25, 0.3) is 5.89 Å². The molecule has 0 radical (unpaired) electrons. The predicted octanol–water partition coefficient (Wildman–Crippen LogP) is 1.44. The molecule has 31 heavy (non-hydrogen) atoms. The van der Waals surface area contributed by atoms with E-state index in [2.05, 4.69) is 15.1 Å². The van der Waals surface area contributed by atoms with Crippen molar-refractivity contribution < 1.29 is 29.4 Å². The lowest BCUT2D eigenvalue weighted by molar-refractivity contribution is -0.167. The van der Waals surface area contributed by atoms with E-state index in [4.69, 9.17) is 20.1 Å². The number of carboxylic acid groups (broad SMARTS) is 1. The van der Waals surface area contributed by atoms with Gasteiger partial charge in [0.05, 0.1) is 0 Å². The Morgan fingerprint density at radius 1 is 1.19 bits per heavy atom. The predicted molar refractivity (Wildman–Crippen MR) is 110 cm³/mol. The number of benzene rings is 2. The lowest BCUT2D eigenvalue weighted by Gasteiger charge is -2.10. The highest BCUT2D eigenvalue weighted by atomic mass is 16.6. The third-order valence-corrected chi connectivity index (χ3v) is 4.54. The Morgan fingerprint density at radius 3 is 2.71 bits per heavy atom. The number of nitrogens with zero attached hydrogens (tertiary/aromatic N) is 2. The van der Waals surface area contributed by atoms with Crippen molar-refractivity contribution in [1.29, 1.82) is 0 Å². The fourth-order valence-corrected chi connectivity index (χ4v) is 3.15. The zero-order chi connectivity index (χ0) is 21.1. The van der Waals surface area contributed by atoms with Gasteiger partial charge in [-0.25, -0.2) is 9.59 Å². The number of H-pyrrole nitrogens is 1. The molecule has 2 aromatic carbocycles. The van der Waals surface area contributed by atoms with Crippen molar-refractivity contribution in [3.63, 3.8) is 0 Å². The third kappa shape index (κ3) is 4.94. The van der Waals surface area contributed by atoms with E-state index in [-0.39, 0.29) is 11.9 Å². The molecular weight excluding hydrogens is 404 g/mol. The monoisotopic (exact) mass is 424 g/mol. The molecule has 0 aliphatic rings. The number of fused-ring (bicyclic) bond motifs is 1. The van der Waals surface area contributed by atoms with Gasteiger partial charge in [-0.3, -0.25) is 5.73 Å². The van der Waals surface area contributed by atoms with Crippen LogP contribution in [0.1, 0.15) is 17.0 Å². The van der Waals surface area contributed by atoms with Crippen molar-refractivity contribution >= 4 is 22.8 Å². The Kier molecular flexibility index (Phi) is 6.43. The summed E-state index contributed by atoms with van der Waals surface area (Å²) in [6.07, 6.45) is 1.35. The van der Waals surface area contributed by atoms with Crippen LogP contribution in [0.15, 0.2) is 59.3 Å². The van der Waals surface area contributed by atoms with E-state index >= 15 is 0 Å². The Morgan fingerprint density at radius 2 is 1.97 bits per heavy atom. The van der Waals surface area contributed by atoms with Crippen LogP contribution in [0.25, 0.3) is 22.4 Å². The van der Waals surface area contributed by atoms with Gasteiger partial charge in [-0.1, -0.05) is 35.5 Å². The minimum atomic E-state index is -1.69. The molecule has 4 aromatic rings. The number of hydrogen-bond acceptors (Lipinski definition) is 7. The normalized spacial score (nSPS) is 11.6. The van der Waals surface area contributed by atoms with Gasteiger partial charge < -0.3 is 24.8 Å². The zero-order valence-electron chi connectivity index (χ0n) is 16.2.